The van der Waals surface area contributed by atoms with Crippen LogP contribution in [0.4, 0.5) is 5.69 Å². The minimum atomic E-state index is -0.859. The smallest absolute Gasteiger partial charge is 0.323 e. The zero-order chi connectivity index (χ0) is 14.8. The van der Waals surface area contributed by atoms with Crippen molar-refractivity contribution in [2.75, 3.05) is 11.4 Å². The van der Waals surface area contributed by atoms with Gasteiger partial charge in [-0.15, -0.1) is 0 Å². The third-order valence-corrected chi connectivity index (χ3v) is 3.81. The van der Waals surface area contributed by atoms with Gasteiger partial charge in [0, 0.05) is 22.9 Å². The average Bonchev–Trinajstić information content (AvgIpc) is 3.19. The summed E-state index contributed by atoms with van der Waals surface area (Å²) < 4.78 is 2.14. The number of nitrogens with zero attached hydrogens (tertiary/aromatic N) is 3. The molecule has 0 radical (unpaired) electrons. The Hall–Kier alpha value is -2.01. The number of carbonyl (C=O) groups is 1. The number of aromatic nitrogens is 2. The highest BCUT2D eigenvalue weighted by Gasteiger charge is 2.26. The molecule has 5 nitrogen and oxygen atoms in total. The van der Waals surface area contributed by atoms with Gasteiger partial charge in [0.15, 0.2) is 0 Å². The van der Waals surface area contributed by atoms with Crippen LogP contribution in [-0.4, -0.2) is 27.2 Å². The van der Waals surface area contributed by atoms with E-state index in [9.17, 15) is 4.79 Å². The molecule has 6 heteroatoms. The second-order valence-corrected chi connectivity index (χ2v) is 5.69. The minimum absolute atomic E-state index is 0.0581. The fourth-order valence-electron chi connectivity index (χ4n) is 2.39. The number of imidazole rings is 1. The summed E-state index contributed by atoms with van der Waals surface area (Å²) in [6.45, 7) is 0.460. The maximum Gasteiger partial charge on any atom is 0.323 e. The third-order valence-electron chi connectivity index (χ3n) is 3.56. The molecule has 1 N–H and O–H groups in total. The van der Waals surface area contributed by atoms with Crippen LogP contribution in [0.1, 0.15) is 24.6 Å². The molecule has 110 valence electrons. The van der Waals surface area contributed by atoms with Crippen LogP contribution in [0.5, 0.6) is 0 Å². The Morgan fingerprint density at radius 3 is 2.71 bits per heavy atom. The number of benzene rings is 1. The monoisotopic (exact) mass is 305 g/mol. The van der Waals surface area contributed by atoms with Gasteiger partial charge in [-0.25, -0.2) is 4.98 Å². The van der Waals surface area contributed by atoms with Gasteiger partial charge in [-0.3, -0.25) is 4.79 Å². The normalized spacial score (nSPS) is 14.1. The zero-order valence-corrected chi connectivity index (χ0v) is 12.2. The van der Waals surface area contributed by atoms with Crippen LogP contribution in [-0.2, 0) is 11.3 Å². The molecule has 0 spiro atoms. The minimum Gasteiger partial charge on any atom is -0.480 e. The van der Waals surface area contributed by atoms with Crippen molar-refractivity contribution in [2.24, 2.45) is 0 Å². The highest BCUT2D eigenvalue weighted by Crippen LogP contribution is 2.36. The molecular formula is C15H16ClN3O2. The van der Waals surface area contributed by atoms with Gasteiger partial charge >= 0.3 is 5.97 Å². The summed E-state index contributed by atoms with van der Waals surface area (Å²) in [5.41, 5.74) is 1.87. The van der Waals surface area contributed by atoms with Crippen molar-refractivity contribution in [1.82, 2.24) is 9.55 Å². The van der Waals surface area contributed by atoms with Crippen molar-refractivity contribution >= 4 is 23.3 Å². The molecule has 0 atom stereocenters. The van der Waals surface area contributed by atoms with Gasteiger partial charge in [0.2, 0.25) is 0 Å². The number of aliphatic carboxylic acids is 1. The molecule has 1 fully saturated rings. The first-order valence-corrected chi connectivity index (χ1v) is 7.24. The summed E-state index contributed by atoms with van der Waals surface area (Å²) in [5, 5.41) is 9.77. The van der Waals surface area contributed by atoms with Gasteiger partial charge in [-0.05, 0) is 37.1 Å². The first-order chi connectivity index (χ1) is 10.1. The second kappa shape index (κ2) is 5.77. The largest absolute Gasteiger partial charge is 0.480 e. The van der Waals surface area contributed by atoms with E-state index in [0.29, 0.717) is 17.6 Å². The fourth-order valence-corrected chi connectivity index (χ4v) is 2.51. The van der Waals surface area contributed by atoms with Crippen LogP contribution < -0.4 is 4.90 Å². The van der Waals surface area contributed by atoms with Crippen LogP contribution in [0, 0.1) is 0 Å². The summed E-state index contributed by atoms with van der Waals surface area (Å²) in [7, 11) is 0. The number of hydrogen-bond acceptors (Lipinski definition) is 3. The fraction of sp³-hybridized carbons (Fsp3) is 0.333. The van der Waals surface area contributed by atoms with E-state index in [-0.39, 0.29) is 6.54 Å². The predicted molar refractivity (Wildman–Crippen MR) is 80.6 cm³/mol. The van der Waals surface area contributed by atoms with E-state index in [2.05, 4.69) is 9.55 Å². The number of halogens is 1. The SMILES string of the molecule is O=C(O)CN(Cc1cncn1C1CC1)c1ccc(Cl)cc1. The molecule has 0 unspecified atom stereocenters. The summed E-state index contributed by atoms with van der Waals surface area (Å²) in [5.74, 6) is -0.859. The maximum absolute atomic E-state index is 11.1. The van der Waals surface area contributed by atoms with Gasteiger partial charge in [0.05, 0.1) is 18.6 Å². The van der Waals surface area contributed by atoms with Crippen molar-refractivity contribution in [2.45, 2.75) is 25.4 Å². The molecule has 1 heterocycles. The lowest BCUT2D eigenvalue weighted by molar-refractivity contribution is -0.135. The van der Waals surface area contributed by atoms with Crippen LogP contribution in [0.25, 0.3) is 0 Å². The van der Waals surface area contributed by atoms with Crippen molar-refractivity contribution in [3.63, 3.8) is 0 Å². The molecule has 3 rings (SSSR count). The van der Waals surface area contributed by atoms with Crippen molar-refractivity contribution < 1.29 is 9.90 Å². The first kappa shape index (κ1) is 13.9. The molecule has 0 saturated heterocycles. The van der Waals surface area contributed by atoms with Crippen LogP contribution in [0.3, 0.4) is 0 Å². The van der Waals surface area contributed by atoms with Crippen molar-refractivity contribution in [1.29, 1.82) is 0 Å². The Morgan fingerprint density at radius 2 is 2.10 bits per heavy atom. The lowest BCUT2D eigenvalue weighted by Crippen LogP contribution is -2.30. The van der Waals surface area contributed by atoms with Gasteiger partial charge in [0.25, 0.3) is 0 Å². The van der Waals surface area contributed by atoms with E-state index in [1.54, 1.807) is 12.1 Å². The lowest BCUT2D eigenvalue weighted by atomic mass is 10.2. The molecule has 1 aliphatic rings. The number of carboxylic acids is 1. The molecule has 0 amide bonds. The lowest BCUT2D eigenvalue weighted by Gasteiger charge is -2.23. The summed E-state index contributed by atoms with van der Waals surface area (Å²) in [6, 6.07) is 7.74. The molecule has 0 bridgehead atoms. The molecule has 1 aromatic heterocycles. The van der Waals surface area contributed by atoms with E-state index >= 15 is 0 Å². The van der Waals surface area contributed by atoms with Crippen LogP contribution >= 0.6 is 11.6 Å². The first-order valence-electron chi connectivity index (χ1n) is 6.86. The number of carboxylic acid groups (broad SMARTS) is 1. The summed E-state index contributed by atoms with van der Waals surface area (Å²) in [6.07, 6.45) is 5.98. The van der Waals surface area contributed by atoms with Gasteiger partial charge in [-0.1, -0.05) is 11.6 Å². The number of anilines is 1. The Bertz CT molecular complexity index is 635. The zero-order valence-electron chi connectivity index (χ0n) is 11.4. The molecule has 1 aromatic carbocycles. The molecular weight excluding hydrogens is 290 g/mol. The van der Waals surface area contributed by atoms with E-state index < -0.39 is 5.97 Å². The standard InChI is InChI=1S/C15H16ClN3O2/c16-11-1-3-12(4-2-11)18(9-15(20)21)8-14-7-17-10-19(14)13-5-6-13/h1-4,7,10,13H,5-6,8-9H2,(H,20,21). The molecule has 21 heavy (non-hydrogen) atoms. The van der Waals surface area contributed by atoms with E-state index in [4.69, 9.17) is 16.7 Å². The topological polar surface area (TPSA) is 58.4 Å². The van der Waals surface area contributed by atoms with E-state index in [1.165, 1.54) is 12.8 Å². The highest BCUT2D eigenvalue weighted by molar-refractivity contribution is 6.30. The van der Waals surface area contributed by atoms with Crippen molar-refractivity contribution in [3.8, 4) is 0 Å². The van der Waals surface area contributed by atoms with Crippen LogP contribution in [0.15, 0.2) is 36.8 Å². The highest BCUT2D eigenvalue weighted by atomic mass is 35.5. The number of rotatable bonds is 6. The Kier molecular flexibility index (Phi) is 3.84. The van der Waals surface area contributed by atoms with E-state index in [1.807, 2.05) is 29.6 Å². The second-order valence-electron chi connectivity index (χ2n) is 5.25. The molecule has 0 aliphatic heterocycles. The van der Waals surface area contributed by atoms with Gasteiger partial charge < -0.3 is 14.6 Å². The predicted octanol–water partition coefficient (Wildman–Crippen LogP) is 2.96. The van der Waals surface area contributed by atoms with Gasteiger partial charge in [-0.2, -0.15) is 0 Å². The van der Waals surface area contributed by atoms with E-state index in [0.717, 1.165) is 11.4 Å². The third kappa shape index (κ3) is 3.36. The molecule has 1 aliphatic carbocycles. The van der Waals surface area contributed by atoms with Gasteiger partial charge in [0.1, 0.15) is 6.54 Å². The van der Waals surface area contributed by atoms with Crippen molar-refractivity contribution in [3.05, 3.63) is 47.5 Å². The van der Waals surface area contributed by atoms with Crippen LogP contribution in [0.2, 0.25) is 5.02 Å². The molecule has 2 aromatic rings. The number of hydrogen-bond donors (Lipinski definition) is 1. The summed E-state index contributed by atoms with van der Waals surface area (Å²) in [4.78, 5) is 17.1. The Labute approximate surface area is 127 Å². The maximum atomic E-state index is 11.1. The molecule has 1 saturated carbocycles. The average molecular weight is 306 g/mol. The quantitative estimate of drug-likeness (QED) is 0.891. The summed E-state index contributed by atoms with van der Waals surface area (Å²) >= 11 is 5.89. The Morgan fingerprint density at radius 1 is 1.38 bits per heavy atom. The Balaban J connectivity index is 1.83.